The largest absolute Gasteiger partial charge is 0.462 e. The zero-order chi connectivity index (χ0) is 16.6. The second-order valence-corrected chi connectivity index (χ2v) is 5.78. The van der Waals surface area contributed by atoms with Crippen molar-refractivity contribution in [3.63, 3.8) is 0 Å². The van der Waals surface area contributed by atoms with Gasteiger partial charge in [0.05, 0.1) is 18.7 Å². The topological polar surface area (TPSA) is 102 Å². The number of terminal acetylenes is 1. The second kappa shape index (κ2) is 8.05. The van der Waals surface area contributed by atoms with Gasteiger partial charge in [-0.15, -0.1) is 6.42 Å². The van der Waals surface area contributed by atoms with Crippen molar-refractivity contribution in [3.8, 4) is 12.3 Å². The van der Waals surface area contributed by atoms with E-state index in [1.54, 1.807) is 4.72 Å². The predicted molar refractivity (Wildman–Crippen MR) is 79.6 cm³/mol. The molecule has 7 nitrogen and oxygen atoms in total. The fourth-order valence-electron chi connectivity index (χ4n) is 1.49. The Hall–Kier alpha value is -2.53. The summed E-state index contributed by atoms with van der Waals surface area (Å²) in [6, 6.07) is 4.48. The Labute approximate surface area is 129 Å². The first-order valence-electron chi connectivity index (χ1n) is 6.42. The molecule has 0 fully saturated rings. The molecule has 0 unspecified atom stereocenters. The molecular formula is C14H16N2O5S. The molecule has 1 aromatic rings. The highest BCUT2D eigenvalue weighted by molar-refractivity contribution is 7.90. The first-order valence-corrected chi connectivity index (χ1v) is 7.91. The quantitative estimate of drug-likeness (QED) is 0.597. The highest BCUT2D eigenvalue weighted by Crippen LogP contribution is 2.16. The lowest BCUT2D eigenvalue weighted by atomic mass is 10.2. The number of esters is 1. The van der Waals surface area contributed by atoms with Crippen LogP contribution in [0.2, 0.25) is 0 Å². The first-order chi connectivity index (χ1) is 10.4. The molecule has 1 rings (SSSR count). The fourth-order valence-corrected chi connectivity index (χ4v) is 2.61. The Kier molecular flexibility index (Phi) is 6.41. The van der Waals surface area contributed by atoms with E-state index in [9.17, 15) is 18.0 Å². The van der Waals surface area contributed by atoms with E-state index in [4.69, 9.17) is 11.2 Å². The molecule has 0 saturated carbocycles. The third-order valence-electron chi connectivity index (χ3n) is 2.41. The number of hydrogen-bond donors (Lipinski definition) is 2. The van der Waals surface area contributed by atoms with E-state index in [2.05, 4.69) is 11.2 Å². The Morgan fingerprint density at radius 1 is 1.32 bits per heavy atom. The maximum absolute atomic E-state index is 12.2. The highest BCUT2D eigenvalue weighted by atomic mass is 32.2. The van der Waals surface area contributed by atoms with E-state index in [1.165, 1.54) is 24.3 Å². The Morgan fingerprint density at radius 2 is 2.00 bits per heavy atom. The third kappa shape index (κ3) is 4.79. The summed E-state index contributed by atoms with van der Waals surface area (Å²) in [4.78, 5) is 23.0. The van der Waals surface area contributed by atoms with Crippen LogP contribution in [0.3, 0.4) is 0 Å². The molecule has 0 bridgehead atoms. The lowest BCUT2D eigenvalue weighted by Crippen LogP contribution is -2.40. The molecule has 0 aliphatic carbocycles. The number of ether oxygens (including phenoxy) is 1. The average Bonchev–Trinajstić information content (AvgIpc) is 2.50. The van der Waals surface area contributed by atoms with Gasteiger partial charge in [0, 0.05) is 0 Å². The summed E-state index contributed by atoms with van der Waals surface area (Å²) in [5.41, 5.74) is -0.145. The molecule has 0 radical (unpaired) electrons. The summed E-state index contributed by atoms with van der Waals surface area (Å²) in [7, 11) is -4.22. The number of carbonyl (C=O) groups excluding carboxylic acids is 2. The summed E-state index contributed by atoms with van der Waals surface area (Å²) in [6.07, 6.45) is 5.56. The zero-order valence-electron chi connectivity index (χ0n) is 12.0. The van der Waals surface area contributed by atoms with Crippen molar-refractivity contribution in [3.05, 3.63) is 29.8 Å². The van der Waals surface area contributed by atoms with Gasteiger partial charge in [0.1, 0.15) is 4.90 Å². The molecule has 2 amide bonds. The average molecular weight is 324 g/mol. The second-order valence-electron chi connectivity index (χ2n) is 4.12. The van der Waals surface area contributed by atoms with Crippen molar-refractivity contribution in [2.45, 2.75) is 18.2 Å². The third-order valence-corrected chi connectivity index (χ3v) is 3.80. The van der Waals surface area contributed by atoms with Gasteiger partial charge in [-0.1, -0.05) is 25.0 Å². The van der Waals surface area contributed by atoms with Gasteiger partial charge in [0.2, 0.25) is 0 Å². The standard InChI is InChI=1S/C14H16N2O5S/c1-3-9-15-14(18)16-22(19,20)12-8-6-5-7-11(12)13(17)21-10-4-2/h1,5-8H,4,9-10H2,2H3,(H2,15,16,18). The molecule has 0 heterocycles. The van der Waals surface area contributed by atoms with Crippen LogP contribution in [0.5, 0.6) is 0 Å². The van der Waals surface area contributed by atoms with Crippen molar-refractivity contribution in [2.75, 3.05) is 13.2 Å². The van der Waals surface area contributed by atoms with E-state index < -0.39 is 22.0 Å². The summed E-state index contributed by atoms with van der Waals surface area (Å²) >= 11 is 0. The molecule has 0 spiro atoms. The highest BCUT2D eigenvalue weighted by Gasteiger charge is 2.24. The molecule has 0 aromatic heterocycles. The van der Waals surface area contributed by atoms with Gasteiger partial charge in [0.15, 0.2) is 0 Å². The summed E-state index contributed by atoms with van der Waals surface area (Å²) in [5.74, 6) is 1.36. The number of carbonyl (C=O) groups is 2. The molecule has 0 aliphatic heterocycles. The lowest BCUT2D eigenvalue weighted by molar-refractivity contribution is 0.0500. The lowest BCUT2D eigenvalue weighted by Gasteiger charge is -2.11. The van der Waals surface area contributed by atoms with Crippen LogP contribution >= 0.6 is 0 Å². The van der Waals surface area contributed by atoms with Gasteiger partial charge in [-0.05, 0) is 18.6 Å². The molecule has 22 heavy (non-hydrogen) atoms. The summed E-state index contributed by atoms with van der Waals surface area (Å²) in [5, 5.41) is 2.16. The smallest absolute Gasteiger partial charge is 0.339 e. The zero-order valence-corrected chi connectivity index (χ0v) is 12.8. The van der Waals surface area contributed by atoms with Crippen LogP contribution in [0.25, 0.3) is 0 Å². The van der Waals surface area contributed by atoms with E-state index in [1.807, 2.05) is 6.92 Å². The van der Waals surface area contributed by atoms with Gasteiger partial charge in [-0.2, -0.15) is 0 Å². The van der Waals surface area contributed by atoms with E-state index in [-0.39, 0.29) is 23.6 Å². The molecule has 118 valence electrons. The number of rotatable bonds is 6. The van der Waals surface area contributed by atoms with Crippen LogP contribution in [0.4, 0.5) is 4.79 Å². The van der Waals surface area contributed by atoms with E-state index in [0.29, 0.717) is 6.42 Å². The molecule has 8 heteroatoms. The van der Waals surface area contributed by atoms with Crippen molar-refractivity contribution < 1.29 is 22.7 Å². The van der Waals surface area contributed by atoms with Gasteiger partial charge >= 0.3 is 12.0 Å². The number of nitrogens with one attached hydrogen (secondary N) is 2. The number of sulfonamides is 1. The van der Waals surface area contributed by atoms with Crippen LogP contribution in [0, 0.1) is 12.3 Å². The first kappa shape index (κ1) is 17.5. The maximum atomic E-state index is 12.2. The Morgan fingerprint density at radius 3 is 2.64 bits per heavy atom. The number of benzene rings is 1. The summed E-state index contributed by atoms with van der Waals surface area (Å²) < 4.78 is 31.0. The molecule has 1 aromatic carbocycles. The van der Waals surface area contributed by atoms with Gasteiger partial charge in [-0.3, -0.25) is 0 Å². The van der Waals surface area contributed by atoms with Crippen molar-refractivity contribution >= 4 is 22.0 Å². The van der Waals surface area contributed by atoms with Crippen LogP contribution in [-0.4, -0.2) is 33.6 Å². The molecule has 0 aliphatic rings. The monoisotopic (exact) mass is 324 g/mol. The number of amides is 2. The summed E-state index contributed by atoms with van der Waals surface area (Å²) in [6.45, 7) is 1.86. The molecule has 0 atom stereocenters. The van der Waals surface area contributed by atoms with Crippen LogP contribution in [0.1, 0.15) is 23.7 Å². The number of urea groups is 1. The molecule has 0 saturated heterocycles. The van der Waals surface area contributed by atoms with Crippen molar-refractivity contribution in [1.29, 1.82) is 0 Å². The minimum atomic E-state index is -4.22. The Balaban J connectivity index is 3.02. The maximum Gasteiger partial charge on any atom is 0.339 e. The van der Waals surface area contributed by atoms with Gasteiger partial charge in [0.25, 0.3) is 10.0 Å². The van der Waals surface area contributed by atoms with Crippen LogP contribution in [0.15, 0.2) is 29.2 Å². The minimum Gasteiger partial charge on any atom is -0.462 e. The molecule has 2 N–H and O–H groups in total. The SMILES string of the molecule is C#CCNC(=O)NS(=O)(=O)c1ccccc1C(=O)OCCC. The number of hydrogen-bond acceptors (Lipinski definition) is 5. The van der Waals surface area contributed by atoms with Gasteiger partial charge < -0.3 is 10.1 Å². The van der Waals surface area contributed by atoms with Crippen molar-refractivity contribution in [1.82, 2.24) is 10.0 Å². The molecular weight excluding hydrogens is 308 g/mol. The fraction of sp³-hybridized carbons (Fsp3) is 0.286. The van der Waals surface area contributed by atoms with Crippen LogP contribution < -0.4 is 10.0 Å². The van der Waals surface area contributed by atoms with Crippen LogP contribution in [-0.2, 0) is 14.8 Å². The van der Waals surface area contributed by atoms with E-state index >= 15 is 0 Å². The predicted octanol–water partition coefficient (Wildman–Crippen LogP) is 0.874. The minimum absolute atomic E-state index is 0.123. The Bertz CT molecular complexity index is 691. The van der Waals surface area contributed by atoms with Gasteiger partial charge in [-0.25, -0.2) is 22.7 Å². The van der Waals surface area contributed by atoms with Crippen molar-refractivity contribution in [2.24, 2.45) is 0 Å². The van der Waals surface area contributed by atoms with E-state index in [0.717, 1.165) is 0 Å². The normalized spacial score (nSPS) is 10.4.